The summed E-state index contributed by atoms with van der Waals surface area (Å²) in [6, 6.07) is 7.41. The summed E-state index contributed by atoms with van der Waals surface area (Å²) in [5.41, 5.74) is 0.256. The minimum absolute atomic E-state index is 0.152. The molecule has 1 aromatic carbocycles. The van der Waals surface area contributed by atoms with Crippen molar-refractivity contribution < 1.29 is 17.7 Å². The first-order valence-corrected chi connectivity index (χ1v) is 5.77. The lowest BCUT2D eigenvalue weighted by atomic mass is 9.80. The van der Waals surface area contributed by atoms with Gasteiger partial charge in [0.15, 0.2) is 0 Å². The topological polar surface area (TPSA) is 12.5 Å². The van der Waals surface area contributed by atoms with Crippen LogP contribution < -0.4 is 4.74 Å². The van der Waals surface area contributed by atoms with Gasteiger partial charge >= 0.3 is 6.98 Å². The Hall–Kier alpha value is -1.43. The Morgan fingerprint density at radius 3 is 2.78 bits per heavy atom. The Kier molecular flexibility index (Phi) is 3.66. The summed E-state index contributed by atoms with van der Waals surface area (Å²) in [6.07, 6.45) is 0. The highest BCUT2D eigenvalue weighted by Gasteiger charge is 2.28. The lowest BCUT2D eigenvalue weighted by molar-refractivity contribution is 0.239. The maximum absolute atomic E-state index is 12.5. The van der Waals surface area contributed by atoms with Crippen molar-refractivity contribution in [3.8, 4) is 5.75 Å². The van der Waals surface area contributed by atoms with Crippen LogP contribution in [0.2, 0.25) is 0 Å². The second-order valence-electron chi connectivity index (χ2n) is 4.40. The summed E-state index contributed by atoms with van der Waals surface area (Å²) in [5.74, 6) is 0.753. The molecule has 0 atom stereocenters. The van der Waals surface area contributed by atoms with Gasteiger partial charge in [0.1, 0.15) is 12.4 Å². The summed E-state index contributed by atoms with van der Waals surface area (Å²) >= 11 is 0. The smallest absolute Gasteiger partial charge is 0.492 e. The monoisotopic (exact) mass is 256 g/mol. The number of benzene rings is 1. The summed E-state index contributed by atoms with van der Waals surface area (Å²) in [4.78, 5) is 1.71. The number of halogens is 3. The van der Waals surface area contributed by atoms with Crippen LogP contribution in [0.1, 0.15) is 5.56 Å². The average Bonchev–Trinajstić information content (AvgIpc) is 2.49. The quantitative estimate of drug-likeness (QED) is 0.771. The molecule has 0 radical (unpaired) electrons. The van der Waals surface area contributed by atoms with Gasteiger partial charge in [0.2, 0.25) is 0 Å². The molecule has 0 spiro atoms. The number of para-hydroxylation sites is 1. The van der Waals surface area contributed by atoms with Crippen molar-refractivity contribution >= 4 is 6.98 Å². The normalized spacial score (nSPS) is 16.6. The van der Waals surface area contributed by atoms with Crippen LogP contribution >= 0.6 is 0 Å². The van der Waals surface area contributed by atoms with Gasteiger partial charge in [-0.15, -0.1) is 12.1 Å². The summed E-state index contributed by atoms with van der Waals surface area (Å²) in [5, 5.41) is 0. The highest BCUT2D eigenvalue weighted by Crippen LogP contribution is 2.24. The van der Waals surface area contributed by atoms with Crippen molar-refractivity contribution in [2.45, 2.75) is 6.54 Å². The molecule has 18 heavy (non-hydrogen) atoms. The molecule has 2 rings (SSSR count). The molecular formula is C12H14BF3NO-. The van der Waals surface area contributed by atoms with Gasteiger partial charge in [-0.1, -0.05) is 18.2 Å². The first-order valence-electron chi connectivity index (χ1n) is 5.77. The zero-order valence-corrected chi connectivity index (χ0v) is 9.91. The molecule has 98 valence electrons. The molecule has 0 N–H and O–H groups in total. The SMILES string of the molecule is C=C(CN1CCOc2ccccc2C1)[B-](F)(F)F. The van der Waals surface area contributed by atoms with Gasteiger partial charge in [-0.2, -0.15) is 0 Å². The zero-order chi connectivity index (χ0) is 13.2. The van der Waals surface area contributed by atoms with E-state index in [1.165, 1.54) is 0 Å². The maximum Gasteiger partial charge on any atom is 0.506 e. The molecule has 0 unspecified atom stereocenters. The third-order valence-electron chi connectivity index (χ3n) is 2.92. The fourth-order valence-electron chi connectivity index (χ4n) is 1.91. The van der Waals surface area contributed by atoms with Crippen molar-refractivity contribution in [3.63, 3.8) is 0 Å². The van der Waals surface area contributed by atoms with Gasteiger partial charge in [-0.25, -0.2) is 0 Å². The van der Waals surface area contributed by atoms with E-state index in [-0.39, 0.29) is 6.54 Å². The van der Waals surface area contributed by atoms with Crippen molar-refractivity contribution in [1.29, 1.82) is 0 Å². The molecule has 1 aromatic rings. The molecule has 0 amide bonds. The van der Waals surface area contributed by atoms with E-state index in [4.69, 9.17) is 4.74 Å². The second kappa shape index (κ2) is 5.06. The van der Waals surface area contributed by atoms with Crippen LogP contribution in [0.3, 0.4) is 0 Å². The van der Waals surface area contributed by atoms with Crippen molar-refractivity contribution in [2.75, 3.05) is 19.7 Å². The van der Waals surface area contributed by atoms with Crippen LogP contribution in [0.25, 0.3) is 0 Å². The van der Waals surface area contributed by atoms with Gasteiger partial charge in [0.25, 0.3) is 0 Å². The third kappa shape index (κ3) is 3.07. The van der Waals surface area contributed by atoms with Gasteiger partial charge in [-0.05, 0) is 12.6 Å². The standard InChI is InChI=1S/C12H14BF3NO/c1-10(13(14,15)16)8-17-6-7-18-12-5-3-2-4-11(12)9-17/h2-5H,1,6-9H2/q-1. The van der Waals surface area contributed by atoms with E-state index < -0.39 is 12.4 Å². The summed E-state index contributed by atoms with van der Waals surface area (Å²) in [7, 11) is 0. The van der Waals surface area contributed by atoms with Crippen LogP contribution in [-0.2, 0) is 6.54 Å². The van der Waals surface area contributed by atoms with Gasteiger partial charge in [0.05, 0.1) is 0 Å². The van der Waals surface area contributed by atoms with Gasteiger partial charge < -0.3 is 17.7 Å². The summed E-state index contributed by atoms with van der Waals surface area (Å²) in [6.45, 7) is -0.653. The van der Waals surface area contributed by atoms with E-state index in [9.17, 15) is 12.9 Å². The maximum atomic E-state index is 12.5. The average molecular weight is 256 g/mol. The Labute approximate surface area is 104 Å². The van der Waals surface area contributed by atoms with Gasteiger partial charge in [-0.3, -0.25) is 4.90 Å². The van der Waals surface area contributed by atoms with Gasteiger partial charge in [0, 0.05) is 18.7 Å². The molecule has 6 heteroatoms. The Morgan fingerprint density at radius 2 is 2.06 bits per heavy atom. The highest BCUT2D eigenvalue weighted by molar-refractivity contribution is 6.66. The third-order valence-corrected chi connectivity index (χ3v) is 2.92. The van der Waals surface area contributed by atoms with Crippen molar-refractivity contribution in [3.05, 3.63) is 41.9 Å². The number of ether oxygens (including phenoxy) is 1. The van der Waals surface area contributed by atoms with E-state index in [2.05, 4.69) is 6.58 Å². The molecule has 0 bridgehead atoms. The Bertz CT molecular complexity index is 447. The minimum atomic E-state index is -4.96. The van der Waals surface area contributed by atoms with Crippen molar-refractivity contribution in [1.82, 2.24) is 4.90 Å². The molecule has 1 heterocycles. The number of nitrogens with zero attached hydrogens (tertiary/aromatic N) is 1. The first-order chi connectivity index (χ1) is 8.47. The molecule has 0 saturated carbocycles. The first kappa shape index (κ1) is 13.0. The van der Waals surface area contributed by atoms with E-state index in [1.54, 1.807) is 4.90 Å². The number of hydrogen-bond donors (Lipinski definition) is 0. The lowest BCUT2D eigenvalue weighted by Crippen LogP contribution is -2.33. The predicted molar refractivity (Wildman–Crippen MR) is 65.4 cm³/mol. The molecule has 0 aromatic heterocycles. The second-order valence-corrected chi connectivity index (χ2v) is 4.40. The van der Waals surface area contributed by atoms with E-state index in [0.717, 1.165) is 11.3 Å². The van der Waals surface area contributed by atoms with E-state index in [1.807, 2.05) is 24.3 Å². The molecule has 0 saturated heterocycles. The van der Waals surface area contributed by atoms with Crippen LogP contribution in [-0.4, -0.2) is 31.6 Å². The van der Waals surface area contributed by atoms with Crippen molar-refractivity contribution in [2.24, 2.45) is 0 Å². The van der Waals surface area contributed by atoms with E-state index >= 15 is 0 Å². The Balaban J connectivity index is 2.07. The number of hydrogen-bond acceptors (Lipinski definition) is 2. The number of rotatable bonds is 3. The predicted octanol–water partition coefficient (Wildman–Crippen LogP) is 2.82. The van der Waals surface area contributed by atoms with Crippen LogP contribution in [0.4, 0.5) is 12.9 Å². The largest absolute Gasteiger partial charge is 0.506 e. The lowest BCUT2D eigenvalue weighted by Gasteiger charge is -2.25. The summed E-state index contributed by atoms with van der Waals surface area (Å²) < 4.78 is 43.0. The molecule has 2 nitrogen and oxygen atoms in total. The fraction of sp³-hybridized carbons (Fsp3) is 0.333. The highest BCUT2D eigenvalue weighted by atomic mass is 19.4. The zero-order valence-electron chi connectivity index (χ0n) is 9.91. The minimum Gasteiger partial charge on any atom is -0.492 e. The molecule has 1 aliphatic rings. The number of fused-ring (bicyclic) bond motifs is 1. The Morgan fingerprint density at radius 1 is 1.33 bits per heavy atom. The molecule has 0 fully saturated rings. The molecular weight excluding hydrogens is 242 g/mol. The fourth-order valence-corrected chi connectivity index (χ4v) is 1.91. The molecule has 0 aliphatic carbocycles. The molecule has 1 aliphatic heterocycles. The van der Waals surface area contributed by atoms with Crippen LogP contribution in [0.5, 0.6) is 5.75 Å². The van der Waals surface area contributed by atoms with E-state index in [0.29, 0.717) is 19.7 Å². The van der Waals surface area contributed by atoms with Crippen LogP contribution in [0, 0.1) is 0 Å². The van der Waals surface area contributed by atoms with Crippen LogP contribution in [0.15, 0.2) is 36.3 Å².